The third-order valence-corrected chi connectivity index (χ3v) is 6.98. The molecule has 10 heteroatoms. The van der Waals surface area contributed by atoms with Crippen LogP contribution >= 0.6 is 11.8 Å². The smallest absolute Gasteiger partial charge is 0.339 e. The van der Waals surface area contributed by atoms with Crippen LogP contribution in [0.4, 0.5) is 4.39 Å². The molecule has 0 atom stereocenters. The van der Waals surface area contributed by atoms with Crippen LogP contribution in [-0.2, 0) is 15.9 Å². The quantitative estimate of drug-likeness (QED) is 0.305. The summed E-state index contributed by atoms with van der Waals surface area (Å²) in [5.41, 5.74) is 4.16. The Morgan fingerprint density at radius 2 is 1.88 bits per heavy atom. The van der Waals surface area contributed by atoms with E-state index in [-0.39, 0.29) is 10.6 Å². The Kier molecular flexibility index (Phi) is 6.07. The van der Waals surface area contributed by atoms with Gasteiger partial charge in [0.15, 0.2) is 5.16 Å². The van der Waals surface area contributed by atoms with Crippen molar-refractivity contribution in [3.05, 3.63) is 71.3 Å². The van der Waals surface area contributed by atoms with Gasteiger partial charge in [-0.3, -0.25) is 4.98 Å². The van der Waals surface area contributed by atoms with Crippen LogP contribution in [0, 0.1) is 19.7 Å². The Morgan fingerprint density at radius 1 is 1.12 bits per heavy atom. The predicted octanol–water partition coefficient (Wildman–Crippen LogP) is 4.78. The normalized spacial score (nSPS) is 11.6. The summed E-state index contributed by atoms with van der Waals surface area (Å²) in [6.07, 6.45) is 1.78. The van der Waals surface area contributed by atoms with Gasteiger partial charge in [-0.15, -0.1) is 0 Å². The number of imidazole rings is 1. The number of pyridine rings is 1. The average molecular weight is 474 g/mol. The zero-order chi connectivity index (χ0) is 22.9. The number of aryl methyl sites for hydroxylation is 1. The molecule has 0 aliphatic carbocycles. The molecule has 2 aromatic carbocycles. The number of hydrogen-bond acceptors (Lipinski definition) is 7. The van der Waals surface area contributed by atoms with Crippen LogP contribution in [0.25, 0.3) is 11.0 Å². The molecule has 0 fully saturated rings. The van der Waals surface area contributed by atoms with Crippen molar-refractivity contribution in [2.24, 2.45) is 0 Å². The van der Waals surface area contributed by atoms with Crippen molar-refractivity contribution in [3.8, 4) is 11.5 Å². The summed E-state index contributed by atoms with van der Waals surface area (Å²) in [7, 11) is -2.44. The second-order valence-corrected chi connectivity index (χ2v) is 9.56. The first-order valence-corrected chi connectivity index (χ1v) is 12.0. The maximum atomic E-state index is 13.1. The molecule has 0 amide bonds. The molecule has 0 spiro atoms. The van der Waals surface area contributed by atoms with Crippen LogP contribution < -0.4 is 8.92 Å². The summed E-state index contributed by atoms with van der Waals surface area (Å²) in [6.45, 7) is 3.92. The fourth-order valence-electron chi connectivity index (χ4n) is 3.21. The standard InChI is InChI=1S/C22H20FN3O4S2/c1-13-11-24-20(14(2)21(13)29-3)12-31-22-25-18-9-6-16(10-19(18)26-22)30-32(27,28)17-7-4-15(23)5-8-17/h4-11H,12H2,1-3H3,(H,25,26). The van der Waals surface area contributed by atoms with Crippen molar-refractivity contribution in [1.82, 2.24) is 15.0 Å². The van der Waals surface area contributed by atoms with Crippen LogP contribution in [0.2, 0.25) is 0 Å². The molecule has 0 unspecified atom stereocenters. The van der Waals surface area contributed by atoms with Gasteiger partial charge in [-0.1, -0.05) is 11.8 Å². The largest absolute Gasteiger partial charge is 0.496 e. The van der Waals surface area contributed by atoms with Crippen LogP contribution in [0.3, 0.4) is 0 Å². The number of hydrogen-bond donors (Lipinski definition) is 1. The number of methoxy groups -OCH3 is 1. The van der Waals surface area contributed by atoms with Gasteiger partial charge in [0.05, 0.1) is 23.8 Å². The molecular weight excluding hydrogens is 453 g/mol. The van der Waals surface area contributed by atoms with Crippen molar-refractivity contribution in [1.29, 1.82) is 0 Å². The number of fused-ring (bicyclic) bond motifs is 1. The number of H-pyrrole nitrogens is 1. The Bertz CT molecular complexity index is 1390. The number of thioether (sulfide) groups is 1. The van der Waals surface area contributed by atoms with Crippen LogP contribution in [0.5, 0.6) is 11.5 Å². The molecule has 1 N–H and O–H groups in total. The van der Waals surface area contributed by atoms with Gasteiger partial charge in [-0.05, 0) is 50.2 Å². The van der Waals surface area contributed by atoms with Crippen LogP contribution in [-0.4, -0.2) is 30.5 Å². The lowest BCUT2D eigenvalue weighted by Gasteiger charge is -2.11. The van der Waals surface area contributed by atoms with Crippen molar-refractivity contribution in [3.63, 3.8) is 0 Å². The molecule has 4 rings (SSSR count). The van der Waals surface area contributed by atoms with Crippen molar-refractivity contribution < 1.29 is 21.7 Å². The van der Waals surface area contributed by atoms with E-state index in [4.69, 9.17) is 8.92 Å². The second-order valence-electron chi connectivity index (χ2n) is 7.05. The minimum absolute atomic E-state index is 0.128. The van der Waals surface area contributed by atoms with Gasteiger partial charge in [0.2, 0.25) is 0 Å². The Balaban J connectivity index is 1.52. The first-order valence-electron chi connectivity index (χ1n) is 9.58. The fraction of sp³-hybridized carbons (Fsp3) is 0.182. The summed E-state index contributed by atoms with van der Waals surface area (Å²) in [5.74, 6) is 1.01. The molecule has 166 valence electrons. The molecular formula is C22H20FN3O4S2. The lowest BCUT2D eigenvalue weighted by atomic mass is 10.1. The van der Waals surface area contributed by atoms with Gasteiger partial charge in [0.1, 0.15) is 22.2 Å². The lowest BCUT2D eigenvalue weighted by Crippen LogP contribution is -2.09. The number of rotatable bonds is 7. The summed E-state index contributed by atoms with van der Waals surface area (Å²) in [4.78, 5) is 12.1. The summed E-state index contributed by atoms with van der Waals surface area (Å²) < 4.78 is 48.6. The second kappa shape index (κ2) is 8.79. The van der Waals surface area contributed by atoms with Gasteiger partial charge < -0.3 is 13.9 Å². The lowest BCUT2D eigenvalue weighted by molar-refractivity contribution is 0.407. The minimum atomic E-state index is -4.08. The molecule has 4 aromatic rings. The number of nitrogens with one attached hydrogen (secondary N) is 1. The van der Waals surface area contributed by atoms with Gasteiger partial charge in [-0.25, -0.2) is 9.37 Å². The van der Waals surface area contributed by atoms with E-state index in [0.717, 1.165) is 46.8 Å². The van der Waals surface area contributed by atoms with Crippen molar-refractivity contribution in [2.45, 2.75) is 29.7 Å². The highest BCUT2D eigenvalue weighted by Crippen LogP contribution is 2.30. The molecule has 0 aliphatic rings. The molecule has 0 aliphatic heterocycles. The third-order valence-electron chi connectivity index (χ3n) is 4.84. The zero-order valence-electron chi connectivity index (χ0n) is 17.5. The SMILES string of the molecule is COc1c(C)cnc(CSc2nc3ccc(OS(=O)(=O)c4ccc(F)cc4)cc3[nH]2)c1C. The van der Waals surface area contributed by atoms with E-state index in [1.54, 1.807) is 25.4 Å². The molecule has 7 nitrogen and oxygen atoms in total. The number of halogens is 1. The van der Waals surface area contributed by atoms with Gasteiger partial charge >= 0.3 is 10.1 Å². The number of benzene rings is 2. The van der Waals surface area contributed by atoms with E-state index in [9.17, 15) is 12.8 Å². The van der Waals surface area contributed by atoms with Crippen molar-refractivity contribution >= 4 is 32.9 Å². The topological polar surface area (TPSA) is 94.2 Å². The zero-order valence-corrected chi connectivity index (χ0v) is 19.2. The fourth-order valence-corrected chi connectivity index (χ4v) is 5.05. The first-order chi connectivity index (χ1) is 15.3. The Labute approximate surface area is 189 Å². The number of aromatic nitrogens is 3. The van der Waals surface area contributed by atoms with E-state index in [0.29, 0.717) is 21.9 Å². The molecule has 0 bridgehead atoms. The van der Waals surface area contributed by atoms with E-state index in [2.05, 4.69) is 15.0 Å². The van der Waals surface area contributed by atoms with Crippen LogP contribution in [0.15, 0.2) is 58.7 Å². The van der Waals surface area contributed by atoms with Gasteiger partial charge in [-0.2, -0.15) is 8.42 Å². The minimum Gasteiger partial charge on any atom is -0.496 e. The Morgan fingerprint density at radius 3 is 2.59 bits per heavy atom. The first kappa shape index (κ1) is 22.1. The highest BCUT2D eigenvalue weighted by Gasteiger charge is 2.18. The van der Waals surface area contributed by atoms with E-state index in [1.165, 1.54) is 17.8 Å². The molecule has 2 heterocycles. The maximum absolute atomic E-state index is 13.1. The molecule has 0 saturated carbocycles. The summed E-state index contributed by atoms with van der Waals surface area (Å²) >= 11 is 1.48. The van der Waals surface area contributed by atoms with E-state index >= 15 is 0 Å². The molecule has 2 aromatic heterocycles. The monoisotopic (exact) mass is 473 g/mol. The number of nitrogens with zero attached hydrogens (tertiary/aromatic N) is 2. The van der Waals surface area contributed by atoms with Gasteiger partial charge in [0.25, 0.3) is 0 Å². The van der Waals surface area contributed by atoms with Crippen molar-refractivity contribution in [2.75, 3.05) is 7.11 Å². The maximum Gasteiger partial charge on any atom is 0.339 e. The molecule has 32 heavy (non-hydrogen) atoms. The molecule has 0 radical (unpaired) electrons. The van der Waals surface area contributed by atoms with Crippen LogP contribution in [0.1, 0.15) is 16.8 Å². The third kappa shape index (κ3) is 4.56. The number of aromatic amines is 1. The highest BCUT2D eigenvalue weighted by atomic mass is 32.2. The summed E-state index contributed by atoms with van der Waals surface area (Å²) in [5, 5.41) is 0.666. The number of ether oxygens (including phenoxy) is 1. The predicted molar refractivity (Wildman–Crippen MR) is 120 cm³/mol. The average Bonchev–Trinajstić information content (AvgIpc) is 3.16. The van der Waals surface area contributed by atoms with E-state index < -0.39 is 15.9 Å². The molecule has 0 saturated heterocycles. The van der Waals surface area contributed by atoms with Gasteiger partial charge in [0, 0.05) is 29.1 Å². The Hall–Kier alpha value is -3.11. The van der Waals surface area contributed by atoms with E-state index in [1.807, 2.05) is 13.8 Å². The highest BCUT2D eigenvalue weighted by molar-refractivity contribution is 7.98. The summed E-state index contributed by atoms with van der Waals surface area (Å²) in [6, 6.07) is 9.20.